The largest absolute Gasteiger partial charge is 0.424 e. The number of aryl methyl sites for hydroxylation is 1. The lowest BCUT2D eigenvalue weighted by Crippen LogP contribution is -2.45. The van der Waals surface area contributed by atoms with Crippen molar-refractivity contribution in [2.45, 2.75) is 24.9 Å². The molecule has 4 rings (SSSR count). The molecule has 1 amide bonds. The number of anilines is 1. The van der Waals surface area contributed by atoms with Crippen molar-refractivity contribution in [2.75, 3.05) is 5.32 Å². The first-order chi connectivity index (χ1) is 11.6. The molecule has 0 radical (unpaired) electrons. The van der Waals surface area contributed by atoms with Crippen LogP contribution in [0.1, 0.15) is 24.6 Å². The number of fused-ring (bicyclic) bond motifs is 1. The van der Waals surface area contributed by atoms with Crippen LogP contribution in [0.2, 0.25) is 0 Å². The Morgan fingerprint density at radius 2 is 2.33 bits per heavy atom. The van der Waals surface area contributed by atoms with Gasteiger partial charge in [0.05, 0.1) is 30.3 Å². The van der Waals surface area contributed by atoms with Crippen LogP contribution in [0.15, 0.2) is 35.1 Å². The number of nitrogens with one attached hydrogen (secondary N) is 2. The summed E-state index contributed by atoms with van der Waals surface area (Å²) < 4.78 is 20.8. The Balaban J connectivity index is 1.62. The van der Waals surface area contributed by atoms with Crippen LogP contribution in [-0.2, 0) is 11.8 Å². The minimum Gasteiger partial charge on any atom is -0.424 e. The van der Waals surface area contributed by atoms with E-state index in [0.717, 1.165) is 5.69 Å². The molecule has 1 fully saturated rings. The number of benzene rings is 1. The number of rotatable bonds is 3. The summed E-state index contributed by atoms with van der Waals surface area (Å²) in [5.41, 5.74) is 1.85. The lowest BCUT2D eigenvalue weighted by molar-refractivity contribution is -0.123. The fourth-order valence-electron chi connectivity index (χ4n) is 3.02. The van der Waals surface area contributed by atoms with Crippen molar-refractivity contribution >= 4 is 23.0 Å². The summed E-state index contributed by atoms with van der Waals surface area (Å²) in [5, 5.41) is 6.20. The maximum atomic E-state index is 13.3. The first kappa shape index (κ1) is 14.7. The highest BCUT2D eigenvalue weighted by Crippen LogP contribution is 2.28. The van der Waals surface area contributed by atoms with E-state index in [2.05, 4.69) is 20.6 Å². The summed E-state index contributed by atoms with van der Waals surface area (Å²) in [6.45, 7) is 0. The molecule has 1 aliphatic heterocycles. The molecule has 2 aromatic heterocycles. The van der Waals surface area contributed by atoms with Gasteiger partial charge < -0.3 is 19.6 Å². The highest BCUT2D eigenvalue weighted by atomic mass is 19.1. The molecule has 0 bridgehead atoms. The molecule has 0 spiro atoms. The van der Waals surface area contributed by atoms with Crippen molar-refractivity contribution in [3.63, 3.8) is 0 Å². The van der Waals surface area contributed by atoms with Gasteiger partial charge in [0.2, 0.25) is 5.91 Å². The van der Waals surface area contributed by atoms with Crippen LogP contribution in [0.3, 0.4) is 0 Å². The zero-order valence-corrected chi connectivity index (χ0v) is 13.0. The minimum atomic E-state index is -0.361. The number of halogens is 1. The number of oxazole rings is 1. The molecule has 0 aliphatic carbocycles. The van der Waals surface area contributed by atoms with Gasteiger partial charge in [0.1, 0.15) is 11.3 Å². The Bertz CT molecular complexity index is 903. The maximum Gasteiger partial charge on any atom is 0.295 e. The van der Waals surface area contributed by atoms with Gasteiger partial charge in [0.15, 0.2) is 5.58 Å². The molecule has 3 heterocycles. The fraction of sp³-hybridized carbons (Fsp3) is 0.312. The number of amides is 1. The Morgan fingerprint density at radius 3 is 3.12 bits per heavy atom. The van der Waals surface area contributed by atoms with Crippen molar-refractivity contribution in [3.05, 3.63) is 42.2 Å². The molecule has 1 aromatic carbocycles. The van der Waals surface area contributed by atoms with Crippen molar-refractivity contribution in [1.29, 1.82) is 0 Å². The minimum absolute atomic E-state index is 0.00103. The molecule has 2 atom stereocenters. The highest BCUT2D eigenvalue weighted by Gasteiger charge is 2.32. The molecule has 124 valence electrons. The zero-order chi connectivity index (χ0) is 16.7. The van der Waals surface area contributed by atoms with Crippen LogP contribution < -0.4 is 10.6 Å². The van der Waals surface area contributed by atoms with E-state index in [9.17, 15) is 9.18 Å². The standard InChI is InChI=1S/C16H16FN5O2/c1-22-8-18-7-12(22)15-10(3-5-14(23)21-15)19-16-20-11-6-9(17)2-4-13(11)24-16/h2,4,6-8,10,15H,3,5H2,1H3,(H,19,20)(H,21,23)/t10-,15-/m1/s1. The number of hydrogen-bond acceptors (Lipinski definition) is 5. The van der Waals surface area contributed by atoms with Crippen LogP contribution in [0, 0.1) is 5.82 Å². The molecular weight excluding hydrogens is 313 g/mol. The predicted molar refractivity (Wildman–Crippen MR) is 84.7 cm³/mol. The number of piperidine rings is 1. The van der Waals surface area contributed by atoms with Gasteiger partial charge in [0.25, 0.3) is 6.01 Å². The van der Waals surface area contributed by atoms with Crippen LogP contribution in [0.5, 0.6) is 0 Å². The van der Waals surface area contributed by atoms with Crippen molar-refractivity contribution in [2.24, 2.45) is 7.05 Å². The third-order valence-corrected chi connectivity index (χ3v) is 4.23. The monoisotopic (exact) mass is 329 g/mol. The van der Waals surface area contributed by atoms with Gasteiger partial charge in [-0.3, -0.25) is 4.79 Å². The van der Waals surface area contributed by atoms with Crippen molar-refractivity contribution in [3.8, 4) is 0 Å². The summed E-state index contributed by atoms with van der Waals surface area (Å²) in [7, 11) is 1.88. The second-order valence-corrected chi connectivity index (χ2v) is 5.90. The molecule has 1 saturated heterocycles. The average molecular weight is 329 g/mol. The van der Waals surface area contributed by atoms with Gasteiger partial charge >= 0.3 is 0 Å². The summed E-state index contributed by atoms with van der Waals surface area (Å²) in [4.78, 5) is 20.2. The van der Waals surface area contributed by atoms with E-state index in [1.165, 1.54) is 12.1 Å². The van der Waals surface area contributed by atoms with E-state index in [4.69, 9.17) is 4.42 Å². The number of nitrogens with zero attached hydrogens (tertiary/aromatic N) is 3. The normalized spacial score (nSPS) is 21.0. The average Bonchev–Trinajstić information content (AvgIpc) is 3.14. The lowest BCUT2D eigenvalue weighted by Gasteiger charge is -2.32. The molecule has 1 aliphatic rings. The zero-order valence-electron chi connectivity index (χ0n) is 13.0. The van der Waals surface area contributed by atoms with E-state index in [1.54, 1.807) is 18.6 Å². The highest BCUT2D eigenvalue weighted by molar-refractivity contribution is 5.78. The summed E-state index contributed by atoms with van der Waals surface area (Å²) in [5.74, 6) is -0.362. The van der Waals surface area contributed by atoms with Crippen LogP contribution >= 0.6 is 0 Å². The summed E-state index contributed by atoms with van der Waals surface area (Å²) >= 11 is 0. The second kappa shape index (κ2) is 5.63. The van der Waals surface area contributed by atoms with Gasteiger partial charge in [0, 0.05) is 19.5 Å². The Labute approximate surface area is 136 Å². The molecule has 0 saturated carbocycles. The van der Waals surface area contributed by atoms with Crippen LogP contribution in [0.25, 0.3) is 11.1 Å². The van der Waals surface area contributed by atoms with Gasteiger partial charge in [-0.05, 0) is 18.6 Å². The Hall–Kier alpha value is -2.90. The Kier molecular flexibility index (Phi) is 3.44. The van der Waals surface area contributed by atoms with Crippen LogP contribution in [0.4, 0.5) is 10.4 Å². The maximum absolute atomic E-state index is 13.3. The van der Waals surface area contributed by atoms with Gasteiger partial charge in [-0.2, -0.15) is 4.98 Å². The van der Waals surface area contributed by atoms with E-state index in [-0.39, 0.29) is 23.8 Å². The van der Waals surface area contributed by atoms with E-state index in [0.29, 0.717) is 30.0 Å². The van der Waals surface area contributed by atoms with E-state index in [1.807, 2.05) is 11.6 Å². The number of hydrogen-bond donors (Lipinski definition) is 2. The first-order valence-corrected chi connectivity index (χ1v) is 7.68. The smallest absolute Gasteiger partial charge is 0.295 e. The molecule has 8 heteroatoms. The van der Waals surface area contributed by atoms with Gasteiger partial charge in [-0.1, -0.05) is 0 Å². The lowest BCUT2D eigenvalue weighted by atomic mass is 9.95. The third-order valence-electron chi connectivity index (χ3n) is 4.23. The van der Waals surface area contributed by atoms with Crippen molar-refractivity contribution in [1.82, 2.24) is 19.9 Å². The van der Waals surface area contributed by atoms with E-state index >= 15 is 0 Å². The Morgan fingerprint density at radius 1 is 1.46 bits per heavy atom. The molecule has 3 aromatic rings. The quantitative estimate of drug-likeness (QED) is 0.769. The van der Waals surface area contributed by atoms with Gasteiger partial charge in [-0.25, -0.2) is 9.37 Å². The predicted octanol–water partition coefficient (Wildman–Crippen LogP) is 2.13. The van der Waals surface area contributed by atoms with Crippen molar-refractivity contribution < 1.29 is 13.6 Å². The molecule has 24 heavy (non-hydrogen) atoms. The SMILES string of the molecule is Cn1cncc1[C@@H]1NC(=O)CC[C@H]1Nc1nc2cc(F)ccc2o1. The third kappa shape index (κ3) is 2.60. The molecular formula is C16H16FN5O2. The topological polar surface area (TPSA) is 85.0 Å². The first-order valence-electron chi connectivity index (χ1n) is 7.68. The number of aromatic nitrogens is 3. The van der Waals surface area contributed by atoms with Crippen LogP contribution in [-0.4, -0.2) is 26.5 Å². The summed E-state index contributed by atoms with van der Waals surface area (Å²) in [6.07, 6.45) is 4.47. The molecule has 2 N–H and O–H groups in total. The number of imidazole rings is 1. The number of carbonyl (C=O) groups excluding carboxylic acids is 1. The van der Waals surface area contributed by atoms with Gasteiger partial charge in [-0.15, -0.1) is 0 Å². The number of carbonyl (C=O) groups is 1. The second-order valence-electron chi connectivity index (χ2n) is 5.90. The molecule has 0 unspecified atom stereocenters. The van der Waals surface area contributed by atoms with E-state index < -0.39 is 0 Å². The molecule has 7 nitrogen and oxygen atoms in total. The summed E-state index contributed by atoms with van der Waals surface area (Å²) in [6, 6.07) is 4.16. The fourth-order valence-corrected chi connectivity index (χ4v) is 3.02.